The molecule has 0 aromatic heterocycles. The summed E-state index contributed by atoms with van der Waals surface area (Å²) in [5.41, 5.74) is 0. The van der Waals surface area contributed by atoms with Crippen molar-refractivity contribution in [2.24, 2.45) is 0 Å². The number of hydrogen-bond donors (Lipinski definition) is 1. The van der Waals surface area contributed by atoms with Gasteiger partial charge in [0.25, 0.3) is 0 Å². The Bertz CT molecular complexity index is 146. The smallest absolute Gasteiger partial charge is 0.183 e. The molecular weight excluding hydrogens is 166 g/mol. The van der Waals surface area contributed by atoms with E-state index in [2.05, 4.69) is 25.7 Å². The van der Waals surface area contributed by atoms with Crippen LogP contribution in [-0.4, -0.2) is 41.5 Å². The van der Waals surface area contributed by atoms with Crippen molar-refractivity contribution in [1.29, 1.82) is 0 Å². The van der Waals surface area contributed by atoms with Gasteiger partial charge < -0.3 is 9.84 Å². The van der Waals surface area contributed by atoms with Gasteiger partial charge in [-0.15, -0.1) is 0 Å². The lowest BCUT2D eigenvalue weighted by Crippen LogP contribution is -2.38. The molecule has 0 aromatic carbocycles. The van der Waals surface area contributed by atoms with Crippen molar-refractivity contribution in [3.63, 3.8) is 0 Å². The Morgan fingerprint density at radius 3 is 2.08 bits per heavy atom. The number of aliphatic hydroxyl groups is 1. The molecule has 0 saturated carbocycles. The third kappa shape index (κ3) is 2.93. The number of nitrogens with zero attached hydrogens (tertiary/aromatic N) is 1. The van der Waals surface area contributed by atoms with Crippen molar-refractivity contribution < 1.29 is 9.84 Å². The molecule has 1 N–H and O–H groups in total. The predicted octanol–water partition coefficient (Wildman–Crippen LogP) is 1.21. The zero-order valence-electron chi connectivity index (χ0n) is 8.86. The SMILES string of the molecule is CCCN(CCC)C(C)C1OC1O. The minimum atomic E-state index is -0.508. The molecule has 3 heteroatoms. The fourth-order valence-corrected chi connectivity index (χ4v) is 1.77. The van der Waals surface area contributed by atoms with Crippen molar-refractivity contribution in [2.45, 2.75) is 52.0 Å². The van der Waals surface area contributed by atoms with Gasteiger partial charge in [0.2, 0.25) is 0 Å². The number of rotatable bonds is 6. The van der Waals surface area contributed by atoms with Gasteiger partial charge in [0.15, 0.2) is 6.29 Å². The van der Waals surface area contributed by atoms with Crippen molar-refractivity contribution >= 4 is 0 Å². The Morgan fingerprint density at radius 2 is 1.77 bits per heavy atom. The van der Waals surface area contributed by atoms with E-state index in [4.69, 9.17) is 9.84 Å². The van der Waals surface area contributed by atoms with Crippen LogP contribution in [0, 0.1) is 0 Å². The maximum atomic E-state index is 9.13. The van der Waals surface area contributed by atoms with Crippen LogP contribution in [0.2, 0.25) is 0 Å². The summed E-state index contributed by atoms with van der Waals surface area (Å²) in [6, 6.07) is 0.356. The maximum Gasteiger partial charge on any atom is 0.183 e. The van der Waals surface area contributed by atoms with Crippen LogP contribution >= 0.6 is 0 Å². The van der Waals surface area contributed by atoms with Crippen molar-refractivity contribution in [3.8, 4) is 0 Å². The van der Waals surface area contributed by atoms with Gasteiger partial charge in [-0.25, -0.2) is 0 Å². The molecular formula is C10H21NO2. The molecule has 1 rings (SSSR count). The third-order valence-corrected chi connectivity index (χ3v) is 2.57. The molecule has 0 aliphatic carbocycles. The van der Waals surface area contributed by atoms with E-state index in [-0.39, 0.29) is 6.10 Å². The number of hydrogen-bond acceptors (Lipinski definition) is 3. The molecule has 0 amide bonds. The Kier molecular flexibility index (Phi) is 4.16. The highest BCUT2D eigenvalue weighted by Crippen LogP contribution is 2.26. The molecule has 1 heterocycles. The highest BCUT2D eigenvalue weighted by molar-refractivity contribution is 4.87. The van der Waals surface area contributed by atoms with Crippen LogP contribution in [-0.2, 0) is 4.74 Å². The molecule has 0 radical (unpaired) electrons. The van der Waals surface area contributed by atoms with Crippen LogP contribution in [0.5, 0.6) is 0 Å². The largest absolute Gasteiger partial charge is 0.366 e. The zero-order chi connectivity index (χ0) is 9.84. The van der Waals surface area contributed by atoms with E-state index in [1.165, 1.54) is 0 Å². The lowest BCUT2D eigenvalue weighted by atomic mass is 10.2. The fraction of sp³-hybridized carbons (Fsp3) is 1.00. The summed E-state index contributed by atoms with van der Waals surface area (Å²) in [6.07, 6.45) is 1.87. The molecule has 3 nitrogen and oxygen atoms in total. The summed E-state index contributed by atoms with van der Waals surface area (Å²) in [5.74, 6) is 0. The summed E-state index contributed by atoms with van der Waals surface area (Å²) in [6.45, 7) is 8.69. The van der Waals surface area contributed by atoms with Crippen LogP contribution in [0.25, 0.3) is 0 Å². The van der Waals surface area contributed by atoms with Gasteiger partial charge in [0.05, 0.1) is 0 Å². The second-order valence-corrected chi connectivity index (χ2v) is 3.77. The molecule has 3 atom stereocenters. The first-order chi connectivity index (χ1) is 6.20. The van der Waals surface area contributed by atoms with Crippen LogP contribution < -0.4 is 0 Å². The molecule has 78 valence electrons. The van der Waals surface area contributed by atoms with Gasteiger partial charge in [0, 0.05) is 6.04 Å². The van der Waals surface area contributed by atoms with Gasteiger partial charge in [0.1, 0.15) is 6.10 Å². The normalized spacial score (nSPS) is 29.3. The van der Waals surface area contributed by atoms with E-state index < -0.39 is 6.29 Å². The molecule has 1 aliphatic heterocycles. The molecule has 0 bridgehead atoms. The molecule has 0 aromatic rings. The number of ether oxygens (including phenoxy) is 1. The monoisotopic (exact) mass is 187 g/mol. The fourth-order valence-electron chi connectivity index (χ4n) is 1.77. The molecule has 1 fully saturated rings. The molecule has 1 saturated heterocycles. The predicted molar refractivity (Wildman–Crippen MR) is 52.5 cm³/mol. The molecule has 1 aliphatic rings. The van der Waals surface area contributed by atoms with Crippen molar-refractivity contribution in [2.75, 3.05) is 13.1 Å². The Labute approximate surface area is 80.7 Å². The lowest BCUT2D eigenvalue weighted by molar-refractivity contribution is 0.152. The van der Waals surface area contributed by atoms with E-state index >= 15 is 0 Å². The average molecular weight is 187 g/mol. The first kappa shape index (κ1) is 11.0. The van der Waals surface area contributed by atoms with Gasteiger partial charge in [-0.1, -0.05) is 13.8 Å². The quantitative estimate of drug-likeness (QED) is 0.635. The van der Waals surface area contributed by atoms with Gasteiger partial charge in [-0.2, -0.15) is 0 Å². The Hall–Kier alpha value is -0.120. The standard InChI is InChI=1S/C10H21NO2/c1-4-6-11(7-5-2)8(3)9-10(12)13-9/h8-10,12H,4-7H2,1-3H3. The summed E-state index contributed by atoms with van der Waals surface area (Å²) in [5, 5.41) is 9.13. The zero-order valence-corrected chi connectivity index (χ0v) is 8.86. The van der Waals surface area contributed by atoms with Gasteiger partial charge in [-0.3, -0.25) is 4.90 Å². The van der Waals surface area contributed by atoms with E-state index in [0.29, 0.717) is 6.04 Å². The molecule has 13 heavy (non-hydrogen) atoms. The second kappa shape index (κ2) is 4.94. The van der Waals surface area contributed by atoms with Crippen molar-refractivity contribution in [3.05, 3.63) is 0 Å². The van der Waals surface area contributed by atoms with Crippen LogP contribution in [0.15, 0.2) is 0 Å². The lowest BCUT2D eigenvalue weighted by Gasteiger charge is -2.26. The minimum absolute atomic E-state index is 0.0538. The Morgan fingerprint density at radius 1 is 1.31 bits per heavy atom. The summed E-state index contributed by atoms with van der Waals surface area (Å²) in [4.78, 5) is 2.39. The topological polar surface area (TPSA) is 36.0 Å². The number of epoxide rings is 1. The maximum absolute atomic E-state index is 9.13. The Balaban J connectivity index is 2.33. The first-order valence-electron chi connectivity index (χ1n) is 5.28. The van der Waals surface area contributed by atoms with E-state index in [9.17, 15) is 0 Å². The van der Waals surface area contributed by atoms with Crippen molar-refractivity contribution in [1.82, 2.24) is 4.90 Å². The van der Waals surface area contributed by atoms with Gasteiger partial charge in [-0.05, 0) is 32.9 Å². The average Bonchev–Trinajstić information content (AvgIpc) is 2.81. The number of aliphatic hydroxyl groups excluding tert-OH is 1. The third-order valence-electron chi connectivity index (χ3n) is 2.57. The summed E-state index contributed by atoms with van der Waals surface area (Å²) >= 11 is 0. The highest BCUT2D eigenvalue weighted by Gasteiger charge is 2.43. The highest BCUT2D eigenvalue weighted by atomic mass is 16.7. The second-order valence-electron chi connectivity index (χ2n) is 3.77. The molecule has 0 spiro atoms. The first-order valence-corrected chi connectivity index (χ1v) is 5.28. The van der Waals surface area contributed by atoms with Crippen LogP contribution in [0.3, 0.4) is 0 Å². The summed E-state index contributed by atoms with van der Waals surface area (Å²) < 4.78 is 5.07. The van der Waals surface area contributed by atoms with E-state index in [1.807, 2.05) is 0 Å². The van der Waals surface area contributed by atoms with Crippen LogP contribution in [0.4, 0.5) is 0 Å². The minimum Gasteiger partial charge on any atom is -0.366 e. The van der Waals surface area contributed by atoms with Gasteiger partial charge >= 0.3 is 0 Å². The van der Waals surface area contributed by atoms with E-state index in [1.54, 1.807) is 0 Å². The summed E-state index contributed by atoms with van der Waals surface area (Å²) in [7, 11) is 0. The van der Waals surface area contributed by atoms with Crippen LogP contribution in [0.1, 0.15) is 33.6 Å². The molecule has 3 unspecified atom stereocenters. The van der Waals surface area contributed by atoms with E-state index in [0.717, 1.165) is 25.9 Å².